The normalized spacial score (nSPS) is 18.1. The highest BCUT2D eigenvalue weighted by molar-refractivity contribution is 7.91. The van der Waals surface area contributed by atoms with E-state index in [0.29, 0.717) is 24.1 Å². The lowest BCUT2D eigenvalue weighted by Gasteiger charge is -2.30. The number of hydrogen-bond acceptors (Lipinski definition) is 8. The van der Waals surface area contributed by atoms with Crippen molar-refractivity contribution in [3.8, 4) is 0 Å². The van der Waals surface area contributed by atoms with Crippen molar-refractivity contribution in [1.29, 1.82) is 0 Å². The molecule has 6 N–H and O–H groups in total. The van der Waals surface area contributed by atoms with Crippen LogP contribution >= 0.6 is 0 Å². The Labute approximate surface area is 209 Å². The largest absolute Gasteiger partial charge is 0.402 e. The predicted octanol–water partition coefficient (Wildman–Crippen LogP) is 2.52. The van der Waals surface area contributed by atoms with Crippen molar-refractivity contribution < 1.29 is 22.3 Å². The van der Waals surface area contributed by atoms with Crippen molar-refractivity contribution in [2.45, 2.75) is 51.2 Å². The predicted molar refractivity (Wildman–Crippen MR) is 136 cm³/mol. The summed E-state index contributed by atoms with van der Waals surface area (Å²) >= 11 is 0. The summed E-state index contributed by atoms with van der Waals surface area (Å²) in [5.74, 6) is -3.40. The number of aliphatic hydroxyl groups is 1. The number of halogens is 2. The molecule has 0 unspecified atom stereocenters. The van der Waals surface area contributed by atoms with Gasteiger partial charge >= 0.3 is 5.92 Å². The van der Waals surface area contributed by atoms with Crippen molar-refractivity contribution in [3.05, 3.63) is 57.0 Å². The zero-order valence-electron chi connectivity index (χ0n) is 20.8. The van der Waals surface area contributed by atoms with Crippen LogP contribution in [-0.4, -0.2) is 40.4 Å². The number of nitrogens with two attached hydrogens (primary N) is 2. The second-order valence-corrected chi connectivity index (χ2v) is 12.1. The minimum Gasteiger partial charge on any atom is -0.402 e. The number of sulfone groups is 1. The van der Waals surface area contributed by atoms with Crippen molar-refractivity contribution in [2.75, 3.05) is 22.6 Å². The van der Waals surface area contributed by atoms with Crippen LogP contribution in [0.3, 0.4) is 0 Å². The number of allylic oxidation sites excluding steroid dienone is 1. The maximum Gasteiger partial charge on any atom is 0.300 e. The van der Waals surface area contributed by atoms with Gasteiger partial charge < -0.3 is 21.9 Å². The second-order valence-electron chi connectivity index (χ2n) is 9.80. The molecule has 1 saturated heterocycles. The number of alkyl halides is 2. The summed E-state index contributed by atoms with van der Waals surface area (Å²) in [6, 6.07) is 5.13. The molecule has 1 atom stereocenters. The summed E-state index contributed by atoms with van der Waals surface area (Å²) < 4.78 is 54.0. The smallest absolute Gasteiger partial charge is 0.300 e. The summed E-state index contributed by atoms with van der Waals surface area (Å²) in [6.45, 7) is 3.82. The van der Waals surface area contributed by atoms with Crippen molar-refractivity contribution in [1.82, 2.24) is 9.78 Å². The first-order chi connectivity index (χ1) is 16.5. The van der Waals surface area contributed by atoms with E-state index in [1.807, 2.05) is 0 Å². The molecule has 198 valence electrons. The summed E-state index contributed by atoms with van der Waals surface area (Å²) in [5.41, 5.74) is 10.3. The molecule has 0 spiro atoms. The minimum atomic E-state index is -3.49. The van der Waals surface area contributed by atoms with Crippen molar-refractivity contribution in [3.63, 3.8) is 0 Å². The summed E-state index contributed by atoms with van der Waals surface area (Å²) in [6.07, 6.45) is 2.26. The molecule has 12 heteroatoms. The van der Waals surface area contributed by atoms with Crippen molar-refractivity contribution in [2.24, 2.45) is 18.7 Å². The van der Waals surface area contributed by atoms with Gasteiger partial charge in [-0.15, -0.1) is 0 Å². The van der Waals surface area contributed by atoms with Crippen LogP contribution < -0.4 is 22.3 Å². The Balaban J connectivity index is 1.96. The summed E-state index contributed by atoms with van der Waals surface area (Å²) in [7, 11) is -1.64. The van der Waals surface area contributed by atoms with Crippen LogP contribution in [0.5, 0.6) is 0 Å². The molecule has 0 saturated carbocycles. The average molecular weight is 526 g/mol. The van der Waals surface area contributed by atoms with E-state index in [-0.39, 0.29) is 40.1 Å². The molecule has 1 aromatic carbocycles. The highest BCUT2D eigenvalue weighted by Crippen LogP contribution is 2.39. The Morgan fingerprint density at radius 2 is 1.92 bits per heavy atom. The monoisotopic (exact) mass is 525 g/mol. The molecular formula is C24H33F2N5O4S. The third kappa shape index (κ3) is 5.70. The van der Waals surface area contributed by atoms with Gasteiger partial charge in [-0.2, -0.15) is 13.9 Å². The van der Waals surface area contributed by atoms with Gasteiger partial charge in [-0.3, -0.25) is 4.79 Å². The Kier molecular flexibility index (Phi) is 7.52. The van der Waals surface area contributed by atoms with Gasteiger partial charge in [-0.1, -0.05) is 18.2 Å². The SMILES string of the molecule is C[C@@H](Nc1nn(C)c(=O)c(N)c1/C=C(\N)C1CCS(=O)(=O)CC1)c1cccc(C(F)(F)C(C)(C)O)c1. The van der Waals surface area contributed by atoms with Crippen LogP contribution in [0.25, 0.3) is 6.08 Å². The number of aryl methyl sites for hydroxylation is 1. The Bertz CT molecular complexity index is 1320. The highest BCUT2D eigenvalue weighted by atomic mass is 32.2. The minimum absolute atomic E-state index is 0.0320. The lowest BCUT2D eigenvalue weighted by Crippen LogP contribution is -2.40. The quantitative estimate of drug-likeness (QED) is 0.430. The van der Waals surface area contributed by atoms with Crippen LogP contribution in [0, 0.1) is 5.92 Å². The van der Waals surface area contributed by atoms with Gasteiger partial charge in [0.1, 0.15) is 21.1 Å². The number of rotatable bonds is 7. The molecule has 3 rings (SSSR count). The number of aromatic nitrogens is 2. The summed E-state index contributed by atoms with van der Waals surface area (Å²) in [4.78, 5) is 12.5. The van der Waals surface area contributed by atoms with Gasteiger partial charge in [0.15, 0.2) is 5.82 Å². The Hall–Kier alpha value is -2.99. The van der Waals surface area contributed by atoms with Crippen LogP contribution in [0.1, 0.15) is 56.3 Å². The van der Waals surface area contributed by atoms with Gasteiger partial charge in [0, 0.05) is 29.8 Å². The first-order valence-corrected chi connectivity index (χ1v) is 13.4. The molecule has 2 aromatic rings. The van der Waals surface area contributed by atoms with Gasteiger partial charge in [-0.05, 0) is 51.3 Å². The fraction of sp³-hybridized carbons (Fsp3) is 0.500. The molecule has 1 aliphatic rings. The Morgan fingerprint density at radius 3 is 2.50 bits per heavy atom. The molecule has 2 heterocycles. The zero-order valence-corrected chi connectivity index (χ0v) is 21.6. The van der Waals surface area contributed by atoms with E-state index in [1.165, 1.54) is 31.3 Å². The fourth-order valence-corrected chi connectivity index (χ4v) is 5.56. The van der Waals surface area contributed by atoms with E-state index < -0.39 is 33.0 Å². The first kappa shape index (κ1) is 27.6. The van der Waals surface area contributed by atoms with Crippen molar-refractivity contribution >= 4 is 27.4 Å². The molecule has 36 heavy (non-hydrogen) atoms. The highest BCUT2D eigenvalue weighted by Gasteiger charge is 2.47. The van der Waals surface area contributed by atoms with Crippen LogP contribution in [0.4, 0.5) is 20.3 Å². The molecule has 1 aliphatic heterocycles. The second kappa shape index (κ2) is 9.81. The number of hydrogen-bond donors (Lipinski definition) is 4. The topological polar surface area (TPSA) is 153 Å². The lowest BCUT2D eigenvalue weighted by molar-refractivity contribution is -0.168. The molecule has 1 fully saturated rings. The first-order valence-electron chi connectivity index (χ1n) is 11.5. The number of benzene rings is 1. The summed E-state index contributed by atoms with van der Waals surface area (Å²) in [5, 5.41) is 17.3. The number of anilines is 2. The van der Waals surface area contributed by atoms with Gasteiger partial charge in [0.05, 0.1) is 17.5 Å². The van der Waals surface area contributed by atoms with Gasteiger partial charge in [0.25, 0.3) is 5.56 Å². The van der Waals surface area contributed by atoms with E-state index in [1.54, 1.807) is 13.0 Å². The third-order valence-corrected chi connectivity index (χ3v) is 8.24. The van der Waals surface area contributed by atoms with E-state index >= 15 is 0 Å². The molecular weight excluding hydrogens is 492 g/mol. The number of nitrogen functional groups attached to an aromatic ring is 1. The van der Waals surface area contributed by atoms with Gasteiger partial charge in [-0.25, -0.2) is 13.1 Å². The molecule has 0 aliphatic carbocycles. The van der Waals surface area contributed by atoms with Gasteiger partial charge in [0.2, 0.25) is 0 Å². The number of nitrogens with one attached hydrogen (secondary N) is 1. The van der Waals surface area contributed by atoms with Crippen LogP contribution in [-0.2, 0) is 22.8 Å². The molecule has 0 radical (unpaired) electrons. The molecule has 1 aromatic heterocycles. The number of nitrogens with zero attached hydrogens (tertiary/aromatic N) is 2. The van der Waals surface area contributed by atoms with E-state index in [2.05, 4.69) is 10.4 Å². The maximum absolute atomic E-state index is 14.7. The Morgan fingerprint density at radius 1 is 1.31 bits per heavy atom. The molecule has 9 nitrogen and oxygen atoms in total. The third-order valence-electron chi connectivity index (χ3n) is 6.53. The zero-order chi connectivity index (χ0) is 27.1. The standard InChI is InChI=1S/C24H33F2N5O4S/c1-14(16-6-5-7-17(12-16)24(25,26)23(2,3)33)29-21-18(20(28)22(32)31(4)30-21)13-19(27)15-8-10-36(34,35)11-9-15/h5-7,12-15,33H,8-11,27-28H2,1-4H3,(H,29,30)/b19-13-/t14-/m1/s1. The van der Waals surface area contributed by atoms with E-state index in [0.717, 1.165) is 18.5 Å². The van der Waals surface area contributed by atoms with E-state index in [9.17, 15) is 27.1 Å². The van der Waals surface area contributed by atoms with Crippen LogP contribution in [0.15, 0.2) is 34.8 Å². The van der Waals surface area contributed by atoms with Crippen LogP contribution in [0.2, 0.25) is 0 Å². The lowest BCUT2D eigenvalue weighted by atomic mass is 9.91. The molecule has 0 amide bonds. The fourth-order valence-electron chi connectivity index (χ4n) is 4.07. The van der Waals surface area contributed by atoms with E-state index in [4.69, 9.17) is 11.5 Å². The molecule has 0 bridgehead atoms. The average Bonchev–Trinajstić information content (AvgIpc) is 2.79. The maximum atomic E-state index is 14.7.